The molecule has 2 rings (SSSR count). The fourth-order valence-corrected chi connectivity index (χ4v) is 2.16. The first kappa shape index (κ1) is 15.4. The summed E-state index contributed by atoms with van der Waals surface area (Å²) in [6.45, 7) is 6.72. The zero-order chi connectivity index (χ0) is 15.2. The first-order chi connectivity index (χ1) is 10.2. The molecular formula is C16H22N4O. The summed E-state index contributed by atoms with van der Waals surface area (Å²) in [6, 6.07) is 3.67. The van der Waals surface area contributed by atoms with Gasteiger partial charge in [-0.1, -0.05) is 13.8 Å². The summed E-state index contributed by atoms with van der Waals surface area (Å²) >= 11 is 0. The topological polar surface area (TPSA) is 73.9 Å². The highest BCUT2D eigenvalue weighted by atomic mass is 16.5. The van der Waals surface area contributed by atoms with Gasteiger partial charge in [-0.05, 0) is 43.0 Å². The van der Waals surface area contributed by atoms with Crippen molar-refractivity contribution in [2.45, 2.75) is 39.7 Å². The molecule has 0 spiro atoms. The van der Waals surface area contributed by atoms with Crippen molar-refractivity contribution < 1.29 is 4.74 Å². The van der Waals surface area contributed by atoms with Gasteiger partial charge in [0, 0.05) is 6.20 Å². The maximum absolute atomic E-state index is 6.40. The lowest BCUT2D eigenvalue weighted by Crippen LogP contribution is -2.16. The first-order valence-corrected chi connectivity index (χ1v) is 7.32. The van der Waals surface area contributed by atoms with Crippen molar-refractivity contribution >= 4 is 0 Å². The number of pyridine rings is 1. The minimum atomic E-state index is -0.271. The Morgan fingerprint density at radius 3 is 2.71 bits per heavy atom. The van der Waals surface area contributed by atoms with Crippen molar-refractivity contribution in [3.8, 4) is 5.75 Å². The van der Waals surface area contributed by atoms with Gasteiger partial charge in [0.05, 0.1) is 30.2 Å². The number of rotatable bonds is 6. The second-order valence-electron chi connectivity index (χ2n) is 5.02. The Kier molecular flexibility index (Phi) is 5.22. The Balaban J connectivity index is 2.31. The summed E-state index contributed by atoms with van der Waals surface area (Å²) in [7, 11) is 0. The Morgan fingerprint density at radius 2 is 2.00 bits per heavy atom. The van der Waals surface area contributed by atoms with Crippen LogP contribution in [0.15, 0.2) is 24.5 Å². The fourth-order valence-electron chi connectivity index (χ4n) is 2.16. The van der Waals surface area contributed by atoms with Crippen molar-refractivity contribution in [2.75, 3.05) is 6.61 Å². The minimum Gasteiger partial charge on any atom is -0.492 e. The third-order valence-electron chi connectivity index (χ3n) is 3.26. The van der Waals surface area contributed by atoms with Gasteiger partial charge >= 0.3 is 0 Å². The lowest BCUT2D eigenvalue weighted by molar-refractivity contribution is 0.315. The molecule has 112 valence electrons. The highest BCUT2D eigenvalue weighted by Gasteiger charge is 2.15. The lowest BCUT2D eigenvalue weighted by Gasteiger charge is -2.16. The van der Waals surface area contributed by atoms with Gasteiger partial charge in [-0.15, -0.1) is 0 Å². The normalized spacial score (nSPS) is 12.2. The van der Waals surface area contributed by atoms with Crippen LogP contribution in [0.4, 0.5) is 0 Å². The van der Waals surface area contributed by atoms with E-state index < -0.39 is 0 Å². The average molecular weight is 286 g/mol. The first-order valence-electron chi connectivity index (χ1n) is 7.32. The predicted octanol–water partition coefficient (Wildman–Crippen LogP) is 2.58. The molecule has 0 amide bonds. The van der Waals surface area contributed by atoms with Gasteiger partial charge in [-0.3, -0.25) is 4.98 Å². The van der Waals surface area contributed by atoms with Crippen LogP contribution in [0.3, 0.4) is 0 Å². The van der Waals surface area contributed by atoms with E-state index in [1.807, 2.05) is 19.1 Å². The molecule has 5 nitrogen and oxygen atoms in total. The number of aromatic nitrogens is 3. The van der Waals surface area contributed by atoms with Crippen molar-refractivity contribution in [3.63, 3.8) is 0 Å². The molecule has 0 bridgehead atoms. The molecule has 0 aliphatic rings. The smallest absolute Gasteiger partial charge is 0.137 e. The van der Waals surface area contributed by atoms with E-state index in [0.29, 0.717) is 6.61 Å². The highest BCUT2D eigenvalue weighted by molar-refractivity contribution is 5.36. The number of nitrogens with two attached hydrogens (primary N) is 1. The molecule has 0 radical (unpaired) electrons. The second kappa shape index (κ2) is 7.13. The third kappa shape index (κ3) is 3.76. The molecule has 0 saturated carbocycles. The molecule has 2 aromatic heterocycles. The quantitative estimate of drug-likeness (QED) is 0.883. The Labute approximate surface area is 125 Å². The zero-order valence-electron chi connectivity index (χ0n) is 12.8. The van der Waals surface area contributed by atoms with E-state index >= 15 is 0 Å². The van der Waals surface area contributed by atoms with Crippen LogP contribution in [0.1, 0.15) is 48.8 Å². The monoisotopic (exact) mass is 286 g/mol. The van der Waals surface area contributed by atoms with Crippen LogP contribution >= 0.6 is 0 Å². The predicted molar refractivity (Wildman–Crippen MR) is 82.2 cm³/mol. The SMILES string of the molecule is CCCOc1cncc(C(N)c2cc(C)nnc2CC)c1. The molecule has 2 heterocycles. The third-order valence-corrected chi connectivity index (χ3v) is 3.26. The van der Waals surface area contributed by atoms with Crippen molar-refractivity contribution in [3.05, 3.63) is 47.0 Å². The molecule has 0 fully saturated rings. The second-order valence-corrected chi connectivity index (χ2v) is 5.02. The molecule has 0 aliphatic carbocycles. The van der Waals surface area contributed by atoms with E-state index in [2.05, 4.69) is 29.0 Å². The van der Waals surface area contributed by atoms with E-state index in [0.717, 1.165) is 41.1 Å². The Hall–Kier alpha value is -2.01. The molecule has 5 heteroatoms. The Morgan fingerprint density at radius 1 is 1.19 bits per heavy atom. The summed E-state index contributed by atoms with van der Waals surface area (Å²) in [4.78, 5) is 4.22. The molecule has 2 aromatic rings. The van der Waals surface area contributed by atoms with E-state index in [-0.39, 0.29) is 6.04 Å². The summed E-state index contributed by atoms with van der Waals surface area (Å²) < 4.78 is 5.62. The van der Waals surface area contributed by atoms with Crippen LogP contribution in [0.25, 0.3) is 0 Å². The van der Waals surface area contributed by atoms with Gasteiger partial charge < -0.3 is 10.5 Å². The molecule has 0 aromatic carbocycles. The number of hydrogen-bond acceptors (Lipinski definition) is 5. The number of nitrogens with zero attached hydrogens (tertiary/aromatic N) is 3. The molecule has 1 atom stereocenters. The van der Waals surface area contributed by atoms with Crippen molar-refractivity contribution in [1.82, 2.24) is 15.2 Å². The van der Waals surface area contributed by atoms with Crippen molar-refractivity contribution in [1.29, 1.82) is 0 Å². The summed E-state index contributed by atoms with van der Waals surface area (Å²) in [5, 5.41) is 8.33. The van der Waals surface area contributed by atoms with Gasteiger partial charge in [0.15, 0.2) is 0 Å². The summed E-state index contributed by atoms with van der Waals surface area (Å²) in [5.41, 5.74) is 10.1. The van der Waals surface area contributed by atoms with Crippen LogP contribution in [0.5, 0.6) is 5.75 Å². The molecular weight excluding hydrogens is 264 g/mol. The van der Waals surface area contributed by atoms with Gasteiger partial charge in [-0.2, -0.15) is 10.2 Å². The van der Waals surface area contributed by atoms with Crippen LogP contribution in [0.2, 0.25) is 0 Å². The van der Waals surface area contributed by atoms with Gasteiger partial charge in [0.25, 0.3) is 0 Å². The van der Waals surface area contributed by atoms with Crippen LogP contribution < -0.4 is 10.5 Å². The Bertz CT molecular complexity index is 601. The zero-order valence-corrected chi connectivity index (χ0v) is 12.8. The molecule has 21 heavy (non-hydrogen) atoms. The molecule has 1 unspecified atom stereocenters. The van der Waals surface area contributed by atoms with Gasteiger partial charge in [0.1, 0.15) is 5.75 Å². The van der Waals surface area contributed by atoms with Crippen LogP contribution in [-0.4, -0.2) is 21.8 Å². The lowest BCUT2D eigenvalue weighted by atomic mass is 9.98. The van der Waals surface area contributed by atoms with E-state index in [9.17, 15) is 0 Å². The van der Waals surface area contributed by atoms with E-state index in [4.69, 9.17) is 10.5 Å². The molecule has 0 aliphatic heterocycles. The molecule has 2 N–H and O–H groups in total. The highest BCUT2D eigenvalue weighted by Crippen LogP contribution is 2.24. The standard InChI is InChI=1S/C16H22N4O/c1-4-6-21-13-8-12(9-18-10-13)16(17)14-7-11(3)19-20-15(14)5-2/h7-10,16H,4-6,17H2,1-3H3. The number of ether oxygens (including phenoxy) is 1. The number of hydrogen-bond donors (Lipinski definition) is 1. The van der Waals surface area contributed by atoms with Gasteiger partial charge in [0.2, 0.25) is 0 Å². The maximum atomic E-state index is 6.40. The maximum Gasteiger partial charge on any atom is 0.137 e. The van der Waals surface area contributed by atoms with Crippen molar-refractivity contribution in [2.24, 2.45) is 5.73 Å². The summed E-state index contributed by atoms with van der Waals surface area (Å²) in [6.07, 6.45) is 5.25. The molecule has 0 saturated heterocycles. The minimum absolute atomic E-state index is 0.271. The van der Waals surface area contributed by atoms with E-state index in [1.54, 1.807) is 12.4 Å². The fraction of sp³-hybridized carbons (Fsp3) is 0.438. The summed E-state index contributed by atoms with van der Waals surface area (Å²) in [5.74, 6) is 0.751. The average Bonchev–Trinajstić information content (AvgIpc) is 2.52. The largest absolute Gasteiger partial charge is 0.492 e. The van der Waals surface area contributed by atoms with Crippen LogP contribution in [0, 0.1) is 6.92 Å². The van der Waals surface area contributed by atoms with E-state index in [1.165, 1.54) is 0 Å². The van der Waals surface area contributed by atoms with Crippen LogP contribution in [-0.2, 0) is 6.42 Å². The van der Waals surface area contributed by atoms with Gasteiger partial charge in [-0.25, -0.2) is 0 Å². The number of aryl methyl sites for hydroxylation is 2.